The molecule has 0 spiro atoms. The van der Waals surface area contributed by atoms with Crippen LogP contribution in [0.2, 0.25) is 0 Å². The maximum absolute atomic E-state index is 11.6. The number of likely N-dealkylation sites (tertiary alicyclic amines) is 2. The summed E-state index contributed by atoms with van der Waals surface area (Å²) >= 11 is 3.53. The third-order valence-electron chi connectivity index (χ3n) is 3.49. The Morgan fingerprint density at radius 3 is 2.17 bits per heavy atom. The molecular weight excluding hydrogens is 244 g/mol. The number of amides is 1. The molecule has 0 aromatic carbocycles. The lowest BCUT2D eigenvalue weighted by Crippen LogP contribution is -2.48. The highest BCUT2D eigenvalue weighted by Gasteiger charge is 2.43. The maximum atomic E-state index is 11.6. The molecule has 4 heteroatoms. The molecule has 0 aromatic rings. The van der Waals surface area contributed by atoms with Crippen LogP contribution in [0.25, 0.3) is 0 Å². The highest BCUT2D eigenvalue weighted by molar-refractivity contribution is 7.79. The van der Waals surface area contributed by atoms with Crippen LogP contribution in [0.4, 0.5) is 0 Å². The summed E-state index contributed by atoms with van der Waals surface area (Å²) in [6.07, 6.45) is 4.80. The minimum Gasteiger partial charge on any atom is -0.337 e. The molecule has 0 unspecified atom stereocenters. The van der Waals surface area contributed by atoms with Crippen molar-refractivity contribution in [2.24, 2.45) is 0 Å². The van der Waals surface area contributed by atoms with E-state index in [9.17, 15) is 4.79 Å². The van der Waals surface area contributed by atoms with Crippen molar-refractivity contribution in [1.29, 1.82) is 0 Å². The highest BCUT2D eigenvalue weighted by atomic mass is 32.1. The van der Waals surface area contributed by atoms with Gasteiger partial charge in [0.05, 0.1) is 0 Å². The zero-order chi connectivity index (χ0) is 14.1. The Hall–Kier alpha value is -0.220. The highest BCUT2D eigenvalue weighted by Crippen LogP contribution is 2.30. The van der Waals surface area contributed by atoms with Crippen molar-refractivity contribution in [3.8, 4) is 0 Å². The van der Waals surface area contributed by atoms with Crippen molar-refractivity contribution in [2.75, 3.05) is 25.9 Å². The normalized spacial score (nSPS) is 25.1. The molecule has 1 amide bonds. The van der Waals surface area contributed by atoms with E-state index in [4.69, 9.17) is 0 Å². The van der Waals surface area contributed by atoms with Gasteiger partial charge in [-0.25, -0.2) is 0 Å². The molecule has 2 heterocycles. The fourth-order valence-corrected chi connectivity index (χ4v) is 2.82. The number of thiol groups is 1. The van der Waals surface area contributed by atoms with Crippen molar-refractivity contribution >= 4 is 18.5 Å². The van der Waals surface area contributed by atoms with E-state index in [2.05, 4.69) is 29.4 Å². The molecule has 2 aliphatic rings. The Morgan fingerprint density at radius 2 is 1.78 bits per heavy atom. The Balaban J connectivity index is 0.000000659. The second-order valence-corrected chi connectivity index (χ2v) is 4.44. The zero-order valence-electron chi connectivity index (χ0n) is 12.6. The standard InChI is InChI=1S/C11H20N2O.C2H6.CH4S/c1-3-5-12-7-10-6-9(12)8-13(10)11(14)4-2;2*1-2/h9-10H,3-8H2,1-2H3;1-2H3;2H,1H3/t9-,10-;;/m0../s1. The molecule has 18 heavy (non-hydrogen) atoms. The fraction of sp³-hybridized carbons (Fsp3) is 0.929. The number of piperazine rings is 1. The van der Waals surface area contributed by atoms with E-state index in [1.54, 1.807) is 6.26 Å². The molecule has 0 aliphatic carbocycles. The van der Waals surface area contributed by atoms with E-state index in [1.165, 1.54) is 19.4 Å². The molecule has 2 fully saturated rings. The van der Waals surface area contributed by atoms with Crippen LogP contribution in [-0.2, 0) is 4.79 Å². The van der Waals surface area contributed by atoms with Crippen LogP contribution in [0.15, 0.2) is 0 Å². The van der Waals surface area contributed by atoms with Gasteiger partial charge in [0.25, 0.3) is 0 Å². The first-order chi connectivity index (χ1) is 8.76. The van der Waals surface area contributed by atoms with E-state index in [0.717, 1.165) is 13.1 Å². The molecule has 0 radical (unpaired) electrons. The van der Waals surface area contributed by atoms with Gasteiger partial charge in [0.1, 0.15) is 0 Å². The number of carbonyl (C=O) groups is 1. The van der Waals surface area contributed by atoms with Crippen molar-refractivity contribution in [2.45, 2.75) is 59.0 Å². The van der Waals surface area contributed by atoms with E-state index < -0.39 is 0 Å². The number of nitrogens with zero attached hydrogens (tertiary/aromatic N) is 2. The van der Waals surface area contributed by atoms with Gasteiger partial charge in [-0.1, -0.05) is 27.7 Å². The van der Waals surface area contributed by atoms with Crippen LogP contribution < -0.4 is 0 Å². The average molecular weight is 274 g/mol. The van der Waals surface area contributed by atoms with E-state index >= 15 is 0 Å². The van der Waals surface area contributed by atoms with Gasteiger partial charge in [-0.3, -0.25) is 9.69 Å². The Kier molecular flexibility index (Phi) is 9.56. The van der Waals surface area contributed by atoms with Gasteiger partial charge in [0.2, 0.25) is 5.91 Å². The summed E-state index contributed by atoms with van der Waals surface area (Å²) < 4.78 is 0. The molecule has 2 aliphatic heterocycles. The molecule has 0 aromatic heterocycles. The first-order valence-corrected chi connectivity index (χ1v) is 8.14. The van der Waals surface area contributed by atoms with Gasteiger partial charge in [0, 0.05) is 31.6 Å². The lowest BCUT2D eigenvalue weighted by Gasteiger charge is -2.33. The van der Waals surface area contributed by atoms with Gasteiger partial charge >= 0.3 is 0 Å². The van der Waals surface area contributed by atoms with Gasteiger partial charge < -0.3 is 4.90 Å². The van der Waals surface area contributed by atoms with Crippen LogP contribution in [0.5, 0.6) is 0 Å². The minimum absolute atomic E-state index is 0.341. The van der Waals surface area contributed by atoms with Crippen LogP contribution in [0.1, 0.15) is 47.0 Å². The Bertz CT molecular complexity index is 236. The van der Waals surface area contributed by atoms with Crippen LogP contribution >= 0.6 is 12.6 Å². The molecule has 108 valence electrons. The third kappa shape index (κ3) is 4.16. The smallest absolute Gasteiger partial charge is 0.222 e. The second kappa shape index (κ2) is 9.68. The number of fused-ring (bicyclic) bond motifs is 2. The summed E-state index contributed by atoms with van der Waals surface area (Å²) in [7, 11) is 0. The predicted octanol–water partition coefficient (Wildman–Crippen LogP) is 2.66. The average Bonchev–Trinajstić information content (AvgIpc) is 3.02. The number of hydrogen-bond donors (Lipinski definition) is 1. The lowest BCUT2D eigenvalue weighted by atomic mass is 10.2. The number of rotatable bonds is 3. The van der Waals surface area contributed by atoms with Crippen LogP contribution in [0, 0.1) is 0 Å². The van der Waals surface area contributed by atoms with Gasteiger partial charge in [0.15, 0.2) is 0 Å². The summed E-state index contributed by atoms with van der Waals surface area (Å²) in [4.78, 5) is 16.2. The van der Waals surface area contributed by atoms with Gasteiger partial charge in [-0.15, -0.1) is 0 Å². The molecule has 3 nitrogen and oxygen atoms in total. The van der Waals surface area contributed by atoms with Crippen molar-refractivity contribution in [3.05, 3.63) is 0 Å². The maximum Gasteiger partial charge on any atom is 0.222 e. The third-order valence-corrected chi connectivity index (χ3v) is 3.49. The summed E-state index contributed by atoms with van der Waals surface area (Å²) in [5, 5.41) is 0. The molecule has 2 saturated heterocycles. The molecule has 2 bridgehead atoms. The van der Waals surface area contributed by atoms with Gasteiger partial charge in [-0.05, 0) is 25.6 Å². The Labute approximate surface area is 118 Å². The summed E-state index contributed by atoms with van der Waals surface area (Å²) in [5.41, 5.74) is 0. The van der Waals surface area contributed by atoms with Crippen LogP contribution in [0.3, 0.4) is 0 Å². The number of hydrogen-bond acceptors (Lipinski definition) is 3. The SMILES string of the molecule is CC.CCCN1C[C@@H]2C[C@H]1CN2C(=O)CC.CS. The molecule has 0 N–H and O–H groups in total. The molecule has 0 saturated carbocycles. The van der Waals surface area contributed by atoms with Crippen molar-refractivity contribution in [1.82, 2.24) is 9.80 Å². The summed E-state index contributed by atoms with van der Waals surface area (Å²) in [5.74, 6) is 0.341. The predicted molar refractivity (Wildman–Crippen MR) is 82.3 cm³/mol. The van der Waals surface area contributed by atoms with E-state index in [-0.39, 0.29) is 0 Å². The topological polar surface area (TPSA) is 23.6 Å². The van der Waals surface area contributed by atoms with Gasteiger partial charge in [-0.2, -0.15) is 12.6 Å². The molecular formula is C14H30N2OS. The molecule has 2 atom stereocenters. The molecule has 2 rings (SSSR count). The van der Waals surface area contributed by atoms with Crippen molar-refractivity contribution in [3.63, 3.8) is 0 Å². The largest absolute Gasteiger partial charge is 0.337 e. The number of carbonyl (C=O) groups excluding carboxylic acids is 1. The second-order valence-electron chi connectivity index (χ2n) is 4.44. The van der Waals surface area contributed by atoms with E-state index in [0.29, 0.717) is 24.4 Å². The fourth-order valence-electron chi connectivity index (χ4n) is 2.82. The monoisotopic (exact) mass is 274 g/mol. The summed E-state index contributed by atoms with van der Waals surface area (Å²) in [6, 6.07) is 1.19. The Morgan fingerprint density at radius 1 is 1.17 bits per heavy atom. The summed E-state index contributed by atoms with van der Waals surface area (Å²) in [6.45, 7) is 11.5. The minimum atomic E-state index is 0.341. The lowest BCUT2D eigenvalue weighted by molar-refractivity contribution is -0.133. The first-order valence-electron chi connectivity index (χ1n) is 7.24. The van der Waals surface area contributed by atoms with E-state index in [1.807, 2.05) is 20.8 Å². The van der Waals surface area contributed by atoms with Crippen LogP contribution in [-0.4, -0.2) is 53.7 Å². The zero-order valence-corrected chi connectivity index (χ0v) is 13.5. The quantitative estimate of drug-likeness (QED) is 0.800. The van der Waals surface area contributed by atoms with Crippen molar-refractivity contribution < 1.29 is 4.79 Å². The first kappa shape index (κ1) is 17.8.